The minimum Gasteiger partial charge on any atom is -0.348 e. The number of nitrogens with zero attached hydrogens (tertiary/aromatic N) is 2. The van der Waals surface area contributed by atoms with Gasteiger partial charge in [0.15, 0.2) is 0 Å². The van der Waals surface area contributed by atoms with E-state index < -0.39 is 16.0 Å². The van der Waals surface area contributed by atoms with Gasteiger partial charge in [-0.25, -0.2) is 4.39 Å². The van der Waals surface area contributed by atoms with Gasteiger partial charge in [0.05, 0.1) is 12.2 Å². The van der Waals surface area contributed by atoms with Crippen LogP contribution in [0, 0.1) is 12.7 Å². The third-order valence-electron chi connectivity index (χ3n) is 4.94. The summed E-state index contributed by atoms with van der Waals surface area (Å²) in [4.78, 5) is 12.5. The summed E-state index contributed by atoms with van der Waals surface area (Å²) in [7, 11) is -1.15. The third kappa shape index (κ3) is 5.52. The molecule has 1 amide bonds. The van der Waals surface area contributed by atoms with Gasteiger partial charge >= 0.3 is 10.2 Å². The Hall–Kier alpha value is -3.23. The number of hydrogen-bond donors (Lipinski definition) is 1. The van der Waals surface area contributed by atoms with Crippen molar-refractivity contribution >= 4 is 21.8 Å². The predicted octanol–water partition coefficient (Wildman–Crippen LogP) is 3.88. The van der Waals surface area contributed by atoms with Gasteiger partial charge in [0.2, 0.25) is 0 Å². The highest BCUT2D eigenvalue weighted by Crippen LogP contribution is 2.25. The fraction of sp³-hybridized carbons (Fsp3) is 0.208. The molecule has 1 N–H and O–H groups in total. The molecule has 0 saturated carbocycles. The number of halogens is 1. The van der Waals surface area contributed by atoms with Crippen molar-refractivity contribution in [3.05, 3.63) is 101 Å². The van der Waals surface area contributed by atoms with Crippen LogP contribution in [-0.2, 0) is 23.3 Å². The first-order valence-corrected chi connectivity index (χ1v) is 11.5. The van der Waals surface area contributed by atoms with Gasteiger partial charge in [-0.05, 0) is 42.3 Å². The lowest BCUT2D eigenvalue weighted by atomic mass is 10.1. The smallest absolute Gasteiger partial charge is 0.303 e. The summed E-state index contributed by atoms with van der Waals surface area (Å²) in [6.07, 6.45) is 0. The Kier molecular flexibility index (Phi) is 7.27. The number of hydrogen-bond acceptors (Lipinski definition) is 3. The molecule has 0 unspecified atom stereocenters. The molecule has 0 radical (unpaired) electrons. The van der Waals surface area contributed by atoms with Crippen molar-refractivity contribution in [2.45, 2.75) is 20.0 Å². The lowest BCUT2D eigenvalue weighted by Crippen LogP contribution is -2.40. The van der Waals surface area contributed by atoms with Crippen LogP contribution in [0.1, 0.15) is 27.0 Å². The molecule has 3 rings (SSSR count). The number of aryl methyl sites for hydroxylation is 1. The second-order valence-corrected chi connectivity index (χ2v) is 9.68. The third-order valence-corrected chi connectivity index (χ3v) is 6.74. The number of carbonyl (C=O) groups is 1. The first-order chi connectivity index (χ1) is 15.2. The molecule has 8 heteroatoms. The van der Waals surface area contributed by atoms with E-state index >= 15 is 0 Å². The predicted molar refractivity (Wildman–Crippen MR) is 124 cm³/mol. The summed E-state index contributed by atoms with van der Waals surface area (Å²) >= 11 is 0. The van der Waals surface area contributed by atoms with Gasteiger partial charge in [0.1, 0.15) is 5.82 Å². The fourth-order valence-electron chi connectivity index (χ4n) is 3.18. The van der Waals surface area contributed by atoms with Gasteiger partial charge in [-0.2, -0.15) is 12.7 Å². The number of nitrogens with one attached hydrogen (secondary N) is 1. The molecule has 0 aliphatic heterocycles. The van der Waals surface area contributed by atoms with Crippen molar-refractivity contribution in [1.82, 2.24) is 9.62 Å². The molecule has 0 spiro atoms. The summed E-state index contributed by atoms with van der Waals surface area (Å²) in [5, 5.41) is 2.87. The lowest BCUT2D eigenvalue weighted by molar-refractivity contribution is 0.0951. The maximum absolute atomic E-state index is 14.4. The second-order valence-electron chi connectivity index (χ2n) is 7.62. The van der Waals surface area contributed by atoms with Crippen LogP contribution in [0.5, 0.6) is 0 Å². The first-order valence-electron chi connectivity index (χ1n) is 10.1. The highest BCUT2D eigenvalue weighted by Gasteiger charge is 2.27. The standard InChI is InChI=1S/C24H26FN3O3S/c1-18-7-6-8-20(15-18)16-26-24(29)21-13-11-19(12-14-21)17-28(32(30,31)27(2)3)23-10-5-4-9-22(23)25/h4-15H,16-17H2,1-3H3,(H,26,29). The van der Waals surface area contributed by atoms with Crippen LogP contribution in [-0.4, -0.2) is 32.7 Å². The van der Waals surface area contributed by atoms with Crippen LogP contribution in [0.2, 0.25) is 0 Å². The van der Waals surface area contributed by atoms with E-state index in [0.29, 0.717) is 17.7 Å². The lowest BCUT2D eigenvalue weighted by Gasteiger charge is -2.27. The van der Waals surface area contributed by atoms with Crippen LogP contribution in [0.15, 0.2) is 72.8 Å². The van der Waals surface area contributed by atoms with Gasteiger partial charge in [0.25, 0.3) is 5.91 Å². The average molecular weight is 456 g/mol. The summed E-state index contributed by atoms with van der Waals surface area (Å²) in [6.45, 7) is 2.32. The van der Waals surface area contributed by atoms with Crippen LogP contribution < -0.4 is 9.62 Å². The number of para-hydroxylation sites is 1. The topological polar surface area (TPSA) is 69.7 Å². The Morgan fingerprint density at radius 1 is 0.938 bits per heavy atom. The van der Waals surface area contributed by atoms with Crippen LogP contribution >= 0.6 is 0 Å². The highest BCUT2D eigenvalue weighted by molar-refractivity contribution is 7.90. The van der Waals surface area contributed by atoms with Crippen LogP contribution in [0.4, 0.5) is 10.1 Å². The molecule has 3 aromatic carbocycles. The summed E-state index contributed by atoms with van der Waals surface area (Å²) in [5.74, 6) is -0.866. The van der Waals surface area contributed by atoms with Crippen molar-refractivity contribution in [1.29, 1.82) is 0 Å². The number of anilines is 1. The van der Waals surface area contributed by atoms with Crippen LogP contribution in [0.3, 0.4) is 0 Å². The molecular weight excluding hydrogens is 429 g/mol. The Morgan fingerprint density at radius 2 is 1.62 bits per heavy atom. The molecule has 0 atom stereocenters. The van der Waals surface area contributed by atoms with Gasteiger partial charge in [-0.3, -0.25) is 9.10 Å². The molecule has 0 heterocycles. The number of benzene rings is 3. The molecule has 32 heavy (non-hydrogen) atoms. The Balaban J connectivity index is 1.76. The molecule has 3 aromatic rings. The SMILES string of the molecule is Cc1cccc(CNC(=O)c2ccc(CN(c3ccccc3F)S(=O)(=O)N(C)C)cc2)c1. The van der Waals surface area contributed by atoms with Gasteiger partial charge in [-0.1, -0.05) is 54.1 Å². The molecule has 0 aliphatic rings. The zero-order valence-corrected chi connectivity index (χ0v) is 19.1. The van der Waals surface area contributed by atoms with E-state index in [1.54, 1.807) is 30.3 Å². The first kappa shape index (κ1) is 23.4. The molecule has 0 bridgehead atoms. The van der Waals surface area contributed by atoms with Crippen molar-refractivity contribution in [3.8, 4) is 0 Å². The Labute approximate surface area is 188 Å². The van der Waals surface area contributed by atoms with Gasteiger partial charge < -0.3 is 5.32 Å². The van der Waals surface area contributed by atoms with E-state index in [2.05, 4.69) is 5.32 Å². The molecule has 0 aromatic heterocycles. The van der Waals surface area contributed by atoms with Crippen molar-refractivity contribution in [2.75, 3.05) is 18.4 Å². The minimum atomic E-state index is -3.93. The minimum absolute atomic E-state index is 0.0406. The normalized spacial score (nSPS) is 11.4. The van der Waals surface area contributed by atoms with E-state index in [0.717, 1.165) is 19.7 Å². The Bertz CT molecular complexity index is 1200. The largest absolute Gasteiger partial charge is 0.348 e. The van der Waals surface area contributed by atoms with E-state index in [1.807, 2.05) is 31.2 Å². The summed E-state index contributed by atoms with van der Waals surface area (Å²) in [5.41, 5.74) is 3.15. The Morgan fingerprint density at radius 3 is 2.25 bits per heavy atom. The van der Waals surface area contributed by atoms with Crippen molar-refractivity contribution < 1.29 is 17.6 Å². The van der Waals surface area contributed by atoms with E-state index in [-0.39, 0.29) is 18.1 Å². The second kappa shape index (κ2) is 9.93. The number of rotatable bonds is 8. The highest BCUT2D eigenvalue weighted by atomic mass is 32.2. The monoisotopic (exact) mass is 455 g/mol. The molecular formula is C24H26FN3O3S. The van der Waals surface area contributed by atoms with Crippen molar-refractivity contribution in [3.63, 3.8) is 0 Å². The van der Waals surface area contributed by atoms with E-state index in [9.17, 15) is 17.6 Å². The zero-order chi connectivity index (χ0) is 23.3. The van der Waals surface area contributed by atoms with E-state index in [1.165, 1.54) is 32.3 Å². The number of carbonyl (C=O) groups excluding carboxylic acids is 1. The molecule has 0 aliphatic carbocycles. The molecule has 6 nitrogen and oxygen atoms in total. The maximum Gasteiger partial charge on any atom is 0.303 e. The van der Waals surface area contributed by atoms with Crippen molar-refractivity contribution in [2.24, 2.45) is 0 Å². The van der Waals surface area contributed by atoms with E-state index in [4.69, 9.17) is 0 Å². The van der Waals surface area contributed by atoms with Crippen LogP contribution in [0.25, 0.3) is 0 Å². The summed E-state index contributed by atoms with van der Waals surface area (Å²) < 4.78 is 42.1. The molecule has 0 saturated heterocycles. The van der Waals surface area contributed by atoms with Gasteiger partial charge in [-0.15, -0.1) is 0 Å². The molecule has 168 valence electrons. The summed E-state index contributed by atoms with van der Waals surface area (Å²) in [6, 6.07) is 20.2. The average Bonchev–Trinajstić information content (AvgIpc) is 2.77. The van der Waals surface area contributed by atoms with Gasteiger partial charge in [0, 0.05) is 26.2 Å². The zero-order valence-electron chi connectivity index (χ0n) is 18.2. The maximum atomic E-state index is 14.4. The number of amides is 1. The molecule has 0 fully saturated rings. The fourth-order valence-corrected chi connectivity index (χ4v) is 4.28. The quantitative estimate of drug-likeness (QED) is 0.561.